The molecule has 4 nitrogen and oxygen atoms in total. The summed E-state index contributed by atoms with van der Waals surface area (Å²) in [7, 11) is 2.00. The summed E-state index contributed by atoms with van der Waals surface area (Å²) >= 11 is 0. The van der Waals surface area contributed by atoms with Crippen molar-refractivity contribution in [1.82, 2.24) is 4.90 Å². The van der Waals surface area contributed by atoms with E-state index >= 15 is 0 Å². The van der Waals surface area contributed by atoms with E-state index in [0.29, 0.717) is 0 Å². The van der Waals surface area contributed by atoms with Crippen LogP contribution in [0.25, 0.3) is 0 Å². The summed E-state index contributed by atoms with van der Waals surface area (Å²) in [6, 6.07) is 8.16. The first-order valence-electron chi connectivity index (χ1n) is 7.33. The van der Waals surface area contributed by atoms with Crippen molar-refractivity contribution in [3.05, 3.63) is 48.7 Å². The van der Waals surface area contributed by atoms with Gasteiger partial charge in [0.1, 0.15) is 0 Å². The summed E-state index contributed by atoms with van der Waals surface area (Å²) in [6.07, 6.45) is 3.82. The zero-order chi connectivity index (χ0) is 15.7. The van der Waals surface area contributed by atoms with Crippen LogP contribution in [0, 0.1) is 0 Å². The van der Waals surface area contributed by atoms with Gasteiger partial charge in [-0.05, 0) is 45.0 Å². The number of rotatable bonds is 6. The summed E-state index contributed by atoms with van der Waals surface area (Å²) in [5.74, 6) is 0.786. The molecule has 0 atom stereocenters. The maximum absolute atomic E-state index is 4.54. The second kappa shape index (κ2) is 8.84. The Bertz CT molecular complexity index is 517. The smallest absolute Gasteiger partial charge is 0.203 e. The highest BCUT2D eigenvalue weighted by Gasteiger charge is 2.06. The lowest BCUT2D eigenvalue weighted by atomic mass is 10.2. The molecule has 0 heterocycles. The van der Waals surface area contributed by atoms with Crippen LogP contribution in [0.3, 0.4) is 0 Å². The van der Waals surface area contributed by atoms with Gasteiger partial charge in [0, 0.05) is 31.5 Å². The number of aliphatic imine (C=N–C) groups is 1. The Balaban J connectivity index is 2.95. The van der Waals surface area contributed by atoms with Crippen LogP contribution < -0.4 is 10.6 Å². The van der Waals surface area contributed by atoms with Crippen LogP contribution in [0.15, 0.2) is 53.7 Å². The fraction of sp³-hybridized carbons (Fsp3) is 0.353. The van der Waals surface area contributed by atoms with Gasteiger partial charge in [-0.2, -0.15) is 0 Å². The van der Waals surface area contributed by atoms with Crippen molar-refractivity contribution in [3.63, 3.8) is 0 Å². The Morgan fingerprint density at radius 2 is 2.05 bits per heavy atom. The van der Waals surface area contributed by atoms with E-state index in [4.69, 9.17) is 0 Å². The summed E-state index contributed by atoms with van der Waals surface area (Å²) in [5, 5.41) is 6.66. The lowest BCUT2D eigenvalue weighted by Gasteiger charge is -2.21. The third-order valence-electron chi connectivity index (χ3n) is 2.94. The Hall–Kier alpha value is -2.23. The lowest BCUT2D eigenvalue weighted by molar-refractivity contribution is 0.533. The van der Waals surface area contributed by atoms with Gasteiger partial charge in [-0.1, -0.05) is 18.7 Å². The molecule has 114 valence electrons. The van der Waals surface area contributed by atoms with Gasteiger partial charge in [0.15, 0.2) is 0 Å². The molecule has 0 aliphatic heterocycles. The molecule has 0 saturated carbocycles. The van der Waals surface area contributed by atoms with Crippen LogP contribution in [0.5, 0.6) is 0 Å². The number of hydrogen-bond acceptors (Lipinski definition) is 2. The summed E-state index contributed by atoms with van der Waals surface area (Å²) < 4.78 is 0. The lowest BCUT2D eigenvalue weighted by Crippen LogP contribution is -2.33. The molecule has 0 radical (unpaired) electrons. The molecule has 0 saturated heterocycles. The first-order chi connectivity index (χ1) is 10.1. The Labute approximate surface area is 128 Å². The zero-order valence-electron chi connectivity index (χ0n) is 13.5. The molecule has 0 spiro atoms. The van der Waals surface area contributed by atoms with E-state index in [0.717, 1.165) is 36.1 Å². The maximum atomic E-state index is 4.54. The minimum absolute atomic E-state index is 0.725. The van der Waals surface area contributed by atoms with Gasteiger partial charge < -0.3 is 15.5 Å². The van der Waals surface area contributed by atoms with Crippen LogP contribution >= 0.6 is 0 Å². The Kier molecular flexibility index (Phi) is 7.09. The maximum Gasteiger partial charge on any atom is 0.203 e. The van der Waals surface area contributed by atoms with Crippen molar-refractivity contribution in [1.29, 1.82) is 0 Å². The SMILES string of the molecule is C=C(/C=C\C)/N=C(/Nc1cccc(NCC)c1)N(C)CC. The number of benzene rings is 1. The van der Waals surface area contributed by atoms with Gasteiger partial charge in [-0.15, -0.1) is 0 Å². The topological polar surface area (TPSA) is 39.7 Å². The highest BCUT2D eigenvalue weighted by molar-refractivity contribution is 5.94. The minimum atomic E-state index is 0.725. The van der Waals surface area contributed by atoms with Gasteiger partial charge in [0.05, 0.1) is 5.70 Å². The van der Waals surface area contributed by atoms with E-state index in [1.54, 1.807) is 0 Å². The monoisotopic (exact) mass is 286 g/mol. The largest absolute Gasteiger partial charge is 0.385 e. The summed E-state index contributed by atoms with van der Waals surface area (Å²) in [4.78, 5) is 6.59. The van der Waals surface area contributed by atoms with Crippen molar-refractivity contribution in [3.8, 4) is 0 Å². The third kappa shape index (κ3) is 5.73. The second-order valence-corrected chi connectivity index (χ2v) is 4.68. The molecule has 21 heavy (non-hydrogen) atoms. The fourth-order valence-electron chi connectivity index (χ4n) is 1.76. The Morgan fingerprint density at radius 1 is 1.33 bits per heavy atom. The van der Waals surface area contributed by atoms with Gasteiger partial charge in [-0.25, -0.2) is 4.99 Å². The van der Waals surface area contributed by atoms with Gasteiger partial charge in [-0.3, -0.25) is 0 Å². The molecule has 1 aromatic rings. The number of allylic oxidation sites excluding steroid dienone is 2. The predicted molar refractivity (Wildman–Crippen MR) is 93.9 cm³/mol. The van der Waals surface area contributed by atoms with Gasteiger partial charge in [0.25, 0.3) is 0 Å². The van der Waals surface area contributed by atoms with E-state index in [-0.39, 0.29) is 0 Å². The first-order valence-corrected chi connectivity index (χ1v) is 7.33. The van der Waals surface area contributed by atoms with Crippen LogP contribution in [0.4, 0.5) is 11.4 Å². The van der Waals surface area contributed by atoms with Crippen molar-refractivity contribution < 1.29 is 0 Å². The quantitative estimate of drug-likeness (QED) is 0.473. The molecular formula is C17H26N4. The van der Waals surface area contributed by atoms with Crippen LogP contribution in [0.1, 0.15) is 20.8 Å². The zero-order valence-corrected chi connectivity index (χ0v) is 13.5. The average Bonchev–Trinajstić information content (AvgIpc) is 2.47. The molecule has 1 rings (SSSR count). The molecule has 0 aliphatic carbocycles. The molecule has 0 aromatic heterocycles. The van der Waals surface area contributed by atoms with Crippen molar-refractivity contribution in [2.75, 3.05) is 30.8 Å². The van der Waals surface area contributed by atoms with E-state index in [1.807, 2.05) is 44.3 Å². The number of nitrogens with zero attached hydrogens (tertiary/aromatic N) is 2. The fourth-order valence-corrected chi connectivity index (χ4v) is 1.76. The minimum Gasteiger partial charge on any atom is -0.385 e. The van der Waals surface area contributed by atoms with E-state index < -0.39 is 0 Å². The molecular weight excluding hydrogens is 260 g/mol. The molecule has 2 N–H and O–H groups in total. The number of anilines is 2. The molecule has 0 aliphatic rings. The van der Waals surface area contributed by atoms with E-state index in [9.17, 15) is 0 Å². The number of guanidine groups is 1. The van der Waals surface area contributed by atoms with Gasteiger partial charge in [0.2, 0.25) is 5.96 Å². The van der Waals surface area contributed by atoms with Crippen molar-refractivity contribution >= 4 is 17.3 Å². The van der Waals surface area contributed by atoms with Crippen LogP contribution in [-0.4, -0.2) is 31.0 Å². The molecule has 1 aromatic carbocycles. The van der Waals surface area contributed by atoms with E-state index in [1.165, 1.54) is 0 Å². The second-order valence-electron chi connectivity index (χ2n) is 4.68. The van der Waals surface area contributed by atoms with Gasteiger partial charge >= 0.3 is 0 Å². The molecule has 0 fully saturated rings. The summed E-state index contributed by atoms with van der Waals surface area (Å²) in [6.45, 7) is 11.8. The first kappa shape index (κ1) is 16.8. The standard InChI is InChI=1S/C17H26N4/c1-6-10-14(4)19-17(21(5)8-3)20-16-12-9-11-15(13-16)18-7-2/h6,9-13,18H,4,7-8H2,1-3,5H3,(H,19,20)/b10-6-. The highest BCUT2D eigenvalue weighted by Crippen LogP contribution is 2.15. The average molecular weight is 286 g/mol. The molecule has 0 amide bonds. The number of nitrogens with one attached hydrogen (secondary N) is 2. The van der Waals surface area contributed by atoms with Crippen molar-refractivity contribution in [2.45, 2.75) is 20.8 Å². The molecule has 0 unspecified atom stereocenters. The Morgan fingerprint density at radius 3 is 2.67 bits per heavy atom. The predicted octanol–water partition coefficient (Wildman–Crippen LogP) is 3.93. The highest BCUT2D eigenvalue weighted by atomic mass is 15.3. The van der Waals surface area contributed by atoms with E-state index in [2.05, 4.69) is 47.0 Å². The third-order valence-corrected chi connectivity index (χ3v) is 2.94. The molecule has 0 bridgehead atoms. The van der Waals surface area contributed by atoms with Crippen LogP contribution in [0.2, 0.25) is 0 Å². The van der Waals surface area contributed by atoms with Crippen molar-refractivity contribution in [2.24, 2.45) is 4.99 Å². The number of hydrogen-bond donors (Lipinski definition) is 2. The molecule has 4 heteroatoms. The normalized spacial score (nSPS) is 11.5. The van der Waals surface area contributed by atoms with Crippen LogP contribution in [-0.2, 0) is 0 Å². The summed E-state index contributed by atoms with van der Waals surface area (Å²) in [5.41, 5.74) is 2.82.